The van der Waals surface area contributed by atoms with E-state index in [9.17, 15) is 8.42 Å². The molecule has 3 nitrogen and oxygen atoms in total. The maximum atomic E-state index is 10.3. The van der Waals surface area contributed by atoms with Crippen molar-refractivity contribution in [1.82, 2.24) is 0 Å². The van der Waals surface area contributed by atoms with Crippen LogP contribution >= 0.6 is 0 Å². The molecule has 0 aromatic rings. The van der Waals surface area contributed by atoms with Crippen LogP contribution in [-0.4, -0.2) is 21.3 Å². The number of hydrogen-bond donors (Lipinski definition) is 0. The van der Waals surface area contributed by atoms with E-state index in [2.05, 4.69) is 4.74 Å². The van der Waals surface area contributed by atoms with Gasteiger partial charge in [-0.15, -0.1) is 0 Å². The first-order chi connectivity index (χ1) is 3.64. The lowest BCUT2D eigenvalue weighted by Gasteiger charge is -2.11. The Bertz CT molecular complexity index is 211. The molecule has 0 aromatic carbocycles. The zero-order chi connectivity index (χ0) is 6.20. The minimum atomic E-state index is -2.83. The molecule has 0 aliphatic carbocycles. The lowest BCUT2D eigenvalue weighted by molar-refractivity contribution is 0.291. The van der Waals surface area contributed by atoms with Gasteiger partial charge in [-0.1, -0.05) is 0 Å². The average molecular weight is 134 g/mol. The fourth-order valence-corrected chi connectivity index (χ4v) is 1.45. The van der Waals surface area contributed by atoms with Gasteiger partial charge in [0.1, 0.15) is 11.5 Å². The van der Waals surface area contributed by atoms with Crippen LogP contribution in [0.25, 0.3) is 0 Å². The van der Waals surface area contributed by atoms with Crippen LogP contribution in [0.3, 0.4) is 0 Å². The van der Waals surface area contributed by atoms with Gasteiger partial charge in [0.05, 0.1) is 12.5 Å². The third kappa shape index (κ3) is 0.838. The second-order valence-electron chi connectivity index (χ2n) is 1.60. The van der Waals surface area contributed by atoms with Gasteiger partial charge in [-0.25, -0.2) is 8.42 Å². The molecule has 0 spiro atoms. The van der Waals surface area contributed by atoms with Crippen molar-refractivity contribution >= 4 is 9.84 Å². The fourth-order valence-electron chi connectivity index (χ4n) is 0.482. The summed E-state index contributed by atoms with van der Waals surface area (Å²) in [6.45, 7) is 0. The van der Waals surface area contributed by atoms with Crippen molar-refractivity contribution < 1.29 is 13.2 Å². The highest BCUT2D eigenvalue weighted by atomic mass is 32.2. The second-order valence-corrected chi connectivity index (χ2v) is 3.45. The van der Waals surface area contributed by atoms with Crippen LogP contribution in [-0.2, 0) is 14.6 Å². The summed E-state index contributed by atoms with van der Waals surface area (Å²) in [5.41, 5.74) is 0. The molecule has 4 heteroatoms. The fraction of sp³-hybridized carbons (Fsp3) is 0.500. The number of sulfone groups is 1. The first kappa shape index (κ1) is 5.62. The van der Waals surface area contributed by atoms with Gasteiger partial charge in [0, 0.05) is 0 Å². The van der Waals surface area contributed by atoms with Gasteiger partial charge < -0.3 is 4.74 Å². The molecule has 46 valence electrons. The molecule has 1 rings (SSSR count). The Morgan fingerprint density at radius 2 is 2.25 bits per heavy atom. The Morgan fingerprint density at radius 3 is 2.38 bits per heavy atom. The lowest BCUT2D eigenvalue weighted by atomic mass is 10.6. The van der Waals surface area contributed by atoms with E-state index in [4.69, 9.17) is 0 Å². The molecule has 0 N–H and O–H groups in total. The third-order valence-electron chi connectivity index (χ3n) is 0.917. The summed E-state index contributed by atoms with van der Waals surface area (Å²) in [5, 5.41) is 1.13. The topological polar surface area (TPSA) is 43.4 Å². The molecule has 0 saturated heterocycles. The van der Waals surface area contributed by atoms with E-state index in [1.165, 1.54) is 7.11 Å². The van der Waals surface area contributed by atoms with E-state index in [0.29, 0.717) is 5.76 Å². The molecule has 0 fully saturated rings. The summed E-state index contributed by atoms with van der Waals surface area (Å²) in [7, 11) is -1.37. The van der Waals surface area contributed by atoms with Crippen molar-refractivity contribution in [3.05, 3.63) is 11.2 Å². The molecule has 0 unspecified atom stereocenters. The monoisotopic (exact) mass is 134 g/mol. The smallest absolute Gasteiger partial charge is 0.182 e. The average Bonchev–Trinajstić information content (AvgIpc) is 1.60. The number of ether oxygens (including phenoxy) is 1. The van der Waals surface area contributed by atoms with Crippen molar-refractivity contribution in [2.24, 2.45) is 0 Å². The van der Waals surface area contributed by atoms with Gasteiger partial charge in [0.15, 0.2) is 9.84 Å². The Balaban J connectivity index is 2.78. The first-order valence-electron chi connectivity index (χ1n) is 2.11. The summed E-state index contributed by atoms with van der Waals surface area (Å²) >= 11 is 0. The maximum Gasteiger partial charge on any atom is 0.182 e. The molecular formula is C4H6O3S. The van der Waals surface area contributed by atoms with Crippen LogP contribution in [0.4, 0.5) is 0 Å². The quantitative estimate of drug-likeness (QED) is 0.503. The van der Waals surface area contributed by atoms with Gasteiger partial charge in [0.2, 0.25) is 0 Å². The van der Waals surface area contributed by atoms with Crippen molar-refractivity contribution in [2.75, 3.05) is 12.9 Å². The molecule has 0 bridgehead atoms. The van der Waals surface area contributed by atoms with E-state index < -0.39 is 9.84 Å². The van der Waals surface area contributed by atoms with Gasteiger partial charge in [0.25, 0.3) is 0 Å². The Kier molecular flexibility index (Phi) is 1.04. The standard InChI is InChI=1S/C4H6O3S/c1-7-4-2-8(5,6)3-4/h2H,3H2,1H3. The van der Waals surface area contributed by atoms with Gasteiger partial charge >= 0.3 is 0 Å². The van der Waals surface area contributed by atoms with Crippen LogP contribution in [0, 0.1) is 0 Å². The zero-order valence-corrected chi connectivity index (χ0v) is 5.23. The molecule has 0 amide bonds. The van der Waals surface area contributed by atoms with Crippen molar-refractivity contribution in [1.29, 1.82) is 0 Å². The molecule has 1 aliphatic heterocycles. The van der Waals surface area contributed by atoms with Crippen LogP contribution in [0.2, 0.25) is 0 Å². The predicted molar refractivity (Wildman–Crippen MR) is 28.9 cm³/mol. The van der Waals surface area contributed by atoms with Crippen LogP contribution in [0.15, 0.2) is 11.2 Å². The van der Waals surface area contributed by atoms with Gasteiger partial charge in [-0.3, -0.25) is 0 Å². The molecule has 8 heavy (non-hydrogen) atoms. The SMILES string of the molecule is COC1=CS(=O)(=O)C1. The molecular weight excluding hydrogens is 128 g/mol. The van der Waals surface area contributed by atoms with E-state index in [1.54, 1.807) is 0 Å². The summed E-state index contributed by atoms with van der Waals surface area (Å²) in [6, 6.07) is 0. The molecule has 0 saturated carbocycles. The first-order valence-corrected chi connectivity index (χ1v) is 3.83. The lowest BCUT2D eigenvalue weighted by Crippen LogP contribution is -2.17. The highest BCUT2D eigenvalue weighted by molar-refractivity contribution is 7.95. The molecule has 0 aromatic heterocycles. The minimum Gasteiger partial charge on any atom is -0.499 e. The summed E-state index contributed by atoms with van der Waals surface area (Å²) in [6.07, 6.45) is 0. The number of hydrogen-bond acceptors (Lipinski definition) is 3. The molecule has 1 heterocycles. The van der Waals surface area contributed by atoms with Crippen LogP contribution in [0.1, 0.15) is 0 Å². The van der Waals surface area contributed by atoms with Gasteiger partial charge in [-0.2, -0.15) is 0 Å². The van der Waals surface area contributed by atoms with Crippen molar-refractivity contribution in [3.8, 4) is 0 Å². The molecule has 1 aliphatic rings. The highest BCUT2D eigenvalue weighted by Crippen LogP contribution is 2.15. The maximum absolute atomic E-state index is 10.3. The summed E-state index contributed by atoms with van der Waals surface area (Å²) in [4.78, 5) is 0. The van der Waals surface area contributed by atoms with Crippen molar-refractivity contribution in [3.63, 3.8) is 0 Å². The summed E-state index contributed by atoms with van der Waals surface area (Å²) < 4.78 is 25.2. The summed E-state index contributed by atoms with van der Waals surface area (Å²) in [5.74, 6) is 0.619. The second kappa shape index (κ2) is 1.48. The Hall–Kier alpha value is -0.510. The van der Waals surface area contributed by atoms with Gasteiger partial charge in [-0.05, 0) is 0 Å². The minimum absolute atomic E-state index is 0.0729. The van der Waals surface area contributed by atoms with Crippen LogP contribution < -0.4 is 0 Å². The largest absolute Gasteiger partial charge is 0.499 e. The van der Waals surface area contributed by atoms with E-state index in [1.807, 2.05) is 0 Å². The zero-order valence-electron chi connectivity index (χ0n) is 4.42. The van der Waals surface area contributed by atoms with Crippen molar-refractivity contribution in [2.45, 2.75) is 0 Å². The van der Waals surface area contributed by atoms with E-state index >= 15 is 0 Å². The van der Waals surface area contributed by atoms with E-state index in [-0.39, 0.29) is 5.75 Å². The molecule has 0 radical (unpaired) electrons. The highest BCUT2D eigenvalue weighted by Gasteiger charge is 2.22. The molecule has 0 atom stereocenters. The van der Waals surface area contributed by atoms with Crippen LogP contribution in [0.5, 0.6) is 0 Å². The number of rotatable bonds is 1. The van der Waals surface area contributed by atoms with E-state index in [0.717, 1.165) is 5.41 Å². The number of methoxy groups -OCH3 is 1. The normalized spacial score (nSPS) is 23.4. The Labute approximate surface area is 47.9 Å². The predicted octanol–water partition coefficient (Wildman–Crippen LogP) is -0.0974. The Morgan fingerprint density at radius 1 is 1.75 bits per heavy atom. The third-order valence-corrected chi connectivity index (χ3v) is 2.23.